The lowest BCUT2D eigenvalue weighted by Gasteiger charge is -2.37. The number of piperazine rings is 1. The van der Waals surface area contributed by atoms with E-state index in [9.17, 15) is 5.26 Å². The van der Waals surface area contributed by atoms with Gasteiger partial charge in [-0.15, -0.1) is 0 Å². The molecule has 2 bridgehead atoms. The molecule has 2 aliphatic rings. The van der Waals surface area contributed by atoms with E-state index in [0.29, 0.717) is 6.04 Å². The Morgan fingerprint density at radius 1 is 1.15 bits per heavy atom. The van der Waals surface area contributed by atoms with Gasteiger partial charge >= 0.3 is 0 Å². The first kappa shape index (κ1) is 13.6. The summed E-state index contributed by atoms with van der Waals surface area (Å²) < 4.78 is 0. The third-order valence-electron chi connectivity index (χ3n) is 4.71. The maximum atomic E-state index is 9.23. The van der Waals surface area contributed by atoms with E-state index in [1.807, 2.05) is 0 Å². The molecule has 3 nitrogen and oxygen atoms in total. The summed E-state index contributed by atoms with van der Waals surface area (Å²) in [5.74, 6) is 0. The Labute approximate surface area is 121 Å². The van der Waals surface area contributed by atoms with Gasteiger partial charge in [-0.25, -0.2) is 0 Å². The van der Waals surface area contributed by atoms with Crippen LogP contribution < -0.4 is 0 Å². The minimum Gasteiger partial charge on any atom is -0.296 e. The van der Waals surface area contributed by atoms with Crippen molar-refractivity contribution in [2.24, 2.45) is 0 Å². The molecule has 3 unspecified atom stereocenters. The monoisotopic (exact) mass is 269 g/mol. The summed E-state index contributed by atoms with van der Waals surface area (Å²) >= 11 is 0. The Morgan fingerprint density at radius 3 is 2.80 bits per heavy atom. The summed E-state index contributed by atoms with van der Waals surface area (Å²) in [6.07, 6.45) is 4.90. The van der Waals surface area contributed by atoms with Crippen molar-refractivity contribution in [2.75, 3.05) is 26.2 Å². The predicted octanol–water partition coefficient (Wildman–Crippen LogP) is 2.29. The van der Waals surface area contributed by atoms with Gasteiger partial charge in [-0.3, -0.25) is 9.80 Å². The standard InChI is InChI=1S/C17H23N3/c18-12-17-14-19(16-9-11-20(17)13-16)10-5-4-8-15-6-2-1-3-7-15/h1-3,6-7,16-17H,4-5,8-11,13-14H2. The second-order valence-electron chi connectivity index (χ2n) is 6.02. The molecule has 106 valence electrons. The molecule has 0 saturated carbocycles. The van der Waals surface area contributed by atoms with Crippen molar-refractivity contribution in [2.45, 2.75) is 37.8 Å². The van der Waals surface area contributed by atoms with Crippen molar-refractivity contribution in [3.63, 3.8) is 0 Å². The number of benzene rings is 1. The third-order valence-corrected chi connectivity index (χ3v) is 4.71. The lowest BCUT2D eigenvalue weighted by molar-refractivity contribution is 0.107. The van der Waals surface area contributed by atoms with Crippen LogP contribution in [0.2, 0.25) is 0 Å². The van der Waals surface area contributed by atoms with Crippen LogP contribution in [0.3, 0.4) is 0 Å². The molecule has 2 fully saturated rings. The van der Waals surface area contributed by atoms with Gasteiger partial charge in [0, 0.05) is 25.7 Å². The molecular formula is C17H23N3. The summed E-state index contributed by atoms with van der Waals surface area (Å²) in [7, 11) is 0. The summed E-state index contributed by atoms with van der Waals surface area (Å²) in [6, 6.07) is 14.0. The second-order valence-corrected chi connectivity index (χ2v) is 6.02. The molecule has 0 aliphatic carbocycles. The first-order valence-corrected chi connectivity index (χ1v) is 7.78. The Kier molecular flexibility index (Phi) is 4.34. The number of unbranched alkanes of at least 4 members (excludes halogenated alkanes) is 1. The highest BCUT2D eigenvalue weighted by Gasteiger charge is 2.38. The smallest absolute Gasteiger partial charge is 0.111 e. The minimum absolute atomic E-state index is 0.128. The fourth-order valence-electron chi connectivity index (χ4n) is 3.52. The molecule has 0 aromatic heterocycles. The fraction of sp³-hybridized carbons (Fsp3) is 0.588. The Hall–Kier alpha value is -1.37. The normalized spacial score (nSPS) is 29.2. The topological polar surface area (TPSA) is 30.3 Å². The SMILES string of the molecule is N#CC1CN(CCCCc2ccccc2)C2CCN1C2. The molecule has 2 saturated heterocycles. The number of nitriles is 1. The van der Waals surface area contributed by atoms with Crippen LogP contribution in [-0.2, 0) is 6.42 Å². The van der Waals surface area contributed by atoms with E-state index in [1.165, 1.54) is 31.2 Å². The van der Waals surface area contributed by atoms with E-state index in [0.717, 1.165) is 26.2 Å². The van der Waals surface area contributed by atoms with E-state index in [-0.39, 0.29) is 6.04 Å². The van der Waals surface area contributed by atoms with Crippen molar-refractivity contribution in [1.29, 1.82) is 5.26 Å². The zero-order valence-corrected chi connectivity index (χ0v) is 12.0. The molecule has 2 aliphatic heterocycles. The highest BCUT2D eigenvalue weighted by Crippen LogP contribution is 2.24. The van der Waals surface area contributed by atoms with E-state index in [1.54, 1.807) is 0 Å². The van der Waals surface area contributed by atoms with Gasteiger partial charge in [0.15, 0.2) is 0 Å². The van der Waals surface area contributed by atoms with Crippen molar-refractivity contribution in [3.8, 4) is 6.07 Å². The van der Waals surface area contributed by atoms with Gasteiger partial charge in [-0.1, -0.05) is 30.3 Å². The number of nitrogens with zero attached hydrogens (tertiary/aromatic N) is 3. The maximum Gasteiger partial charge on any atom is 0.111 e. The van der Waals surface area contributed by atoms with Crippen LogP contribution in [0.15, 0.2) is 30.3 Å². The van der Waals surface area contributed by atoms with Gasteiger partial charge in [-0.05, 0) is 37.8 Å². The highest BCUT2D eigenvalue weighted by molar-refractivity contribution is 5.14. The lowest BCUT2D eigenvalue weighted by Crippen LogP contribution is -2.52. The van der Waals surface area contributed by atoms with Gasteiger partial charge in [0.05, 0.1) is 6.07 Å². The van der Waals surface area contributed by atoms with Crippen LogP contribution in [0.5, 0.6) is 0 Å². The van der Waals surface area contributed by atoms with Crippen molar-refractivity contribution >= 4 is 0 Å². The molecule has 3 rings (SSSR count). The molecule has 1 aromatic carbocycles. The van der Waals surface area contributed by atoms with Crippen LogP contribution in [0.25, 0.3) is 0 Å². The van der Waals surface area contributed by atoms with Gasteiger partial charge in [0.25, 0.3) is 0 Å². The quantitative estimate of drug-likeness (QED) is 0.768. The number of fused-ring (bicyclic) bond motifs is 2. The molecule has 0 N–H and O–H groups in total. The van der Waals surface area contributed by atoms with E-state index >= 15 is 0 Å². The molecular weight excluding hydrogens is 246 g/mol. The molecule has 3 atom stereocenters. The lowest BCUT2D eigenvalue weighted by atomic mass is 10.1. The zero-order valence-electron chi connectivity index (χ0n) is 12.0. The van der Waals surface area contributed by atoms with Crippen LogP contribution in [0.1, 0.15) is 24.8 Å². The van der Waals surface area contributed by atoms with E-state index < -0.39 is 0 Å². The fourth-order valence-corrected chi connectivity index (χ4v) is 3.52. The largest absolute Gasteiger partial charge is 0.296 e. The molecule has 1 aromatic rings. The molecule has 0 amide bonds. The molecule has 20 heavy (non-hydrogen) atoms. The van der Waals surface area contributed by atoms with Gasteiger partial charge < -0.3 is 0 Å². The van der Waals surface area contributed by atoms with Crippen LogP contribution >= 0.6 is 0 Å². The number of rotatable bonds is 5. The molecule has 0 radical (unpaired) electrons. The molecule has 3 heteroatoms. The number of hydrogen-bond donors (Lipinski definition) is 0. The number of hydrogen-bond acceptors (Lipinski definition) is 3. The average Bonchev–Trinajstić information content (AvgIpc) is 2.91. The molecule has 2 heterocycles. The minimum atomic E-state index is 0.128. The summed E-state index contributed by atoms with van der Waals surface area (Å²) in [4.78, 5) is 4.91. The summed E-state index contributed by atoms with van der Waals surface area (Å²) in [5.41, 5.74) is 1.44. The summed E-state index contributed by atoms with van der Waals surface area (Å²) in [5, 5.41) is 9.23. The predicted molar refractivity (Wildman–Crippen MR) is 80.3 cm³/mol. The van der Waals surface area contributed by atoms with E-state index in [2.05, 4.69) is 46.2 Å². The first-order chi connectivity index (χ1) is 9.86. The van der Waals surface area contributed by atoms with Crippen molar-refractivity contribution in [3.05, 3.63) is 35.9 Å². The van der Waals surface area contributed by atoms with Crippen LogP contribution in [0.4, 0.5) is 0 Å². The van der Waals surface area contributed by atoms with Gasteiger partial charge in [0.1, 0.15) is 6.04 Å². The van der Waals surface area contributed by atoms with Gasteiger partial charge in [0.2, 0.25) is 0 Å². The molecule has 0 spiro atoms. The van der Waals surface area contributed by atoms with Crippen molar-refractivity contribution in [1.82, 2.24) is 9.80 Å². The van der Waals surface area contributed by atoms with Gasteiger partial charge in [-0.2, -0.15) is 5.26 Å². The highest BCUT2D eigenvalue weighted by atomic mass is 15.3. The Balaban J connectivity index is 1.43. The van der Waals surface area contributed by atoms with E-state index in [4.69, 9.17) is 0 Å². The Bertz CT molecular complexity index is 465. The van der Waals surface area contributed by atoms with Crippen LogP contribution in [0, 0.1) is 11.3 Å². The average molecular weight is 269 g/mol. The maximum absolute atomic E-state index is 9.23. The van der Waals surface area contributed by atoms with Crippen molar-refractivity contribution < 1.29 is 0 Å². The number of aryl methyl sites for hydroxylation is 1. The summed E-state index contributed by atoms with van der Waals surface area (Å²) in [6.45, 7) is 4.33. The van der Waals surface area contributed by atoms with Crippen LogP contribution in [-0.4, -0.2) is 48.1 Å². The second kappa shape index (κ2) is 6.39. The first-order valence-electron chi connectivity index (χ1n) is 7.78. The zero-order chi connectivity index (χ0) is 13.8. The third kappa shape index (κ3) is 3.03. The Morgan fingerprint density at radius 2 is 2.00 bits per heavy atom.